The highest BCUT2D eigenvalue weighted by Crippen LogP contribution is 2.40. The van der Waals surface area contributed by atoms with Gasteiger partial charge >= 0.3 is 0 Å². The van der Waals surface area contributed by atoms with Gasteiger partial charge in [0.05, 0.1) is 0 Å². The molecule has 0 bridgehead atoms. The molecule has 2 aliphatic rings. The number of halogens is 1. The van der Waals surface area contributed by atoms with E-state index in [0.717, 1.165) is 54.4 Å². The Labute approximate surface area is 193 Å². The molecule has 0 saturated heterocycles. The molecule has 1 heterocycles. The first-order valence-corrected chi connectivity index (χ1v) is 11.7. The minimum atomic E-state index is -0.515. The summed E-state index contributed by atoms with van der Waals surface area (Å²) in [4.78, 5) is 17.3. The third-order valence-electron chi connectivity index (χ3n) is 6.78. The first-order chi connectivity index (χ1) is 15.6. The zero-order valence-electron chi connectivity index (χ0n) is 18.0. The largest absolute Gasteiger partial charge is 0.361 e. The Morgan fingerprint density at radius 2 is 2.09 bits per heavy atom. The number of carbonyl (C=O) groups is 1. The third kappa shape index (κ3) is 4.60. The van der Waals surface area contributed by atoms with Crippen LogP contribution in [0.25, 0.3) is 17.0 Å². The summed E-state index contributed by atoms with van der Waals surface area (Å²) >= 11 is 6.14. The molecule has 32 heavy (non-hydrogen) atoms. The Bertz CT molecular complexity index is 1170. The molecule has 1 aromatic heterocycles. The van der Waals surface area contributed by atoms with Crippen LogP contribution >= 0.6 is 11.6 Å². The van der Waals surface area contributed by atoms with Gasteiger partial charge < -0.3 is 4.98 Å². The zero-order valence-corrected chi connectivity index (χ0v) is 18.7. The number of H-pyrrole nitrogens is 1. The van der Waals surface area contributed by atoms with Crippen LogP contribution in [0.2, 0.25) is 5.02 Å². The average Bonchev–Trinajstić information content (AvgIpc) is 3.39. The zero-order chi connectivity index (χ0) is 22.1. The van der Waals surface area contributed by atoms with Crippen LogP contribution in [0.3, 0.4) is 0 Å². The number of fused-ring (bicyclic) bond motifs is 2. The predicted molar refractivity (Wildman–Crippen MR) is 128 cm³/mol. The quantitative estimate of drug-likeness (QED) is 0.249. The smallest absolute Gasteiger partial charge is 0.267 e. The van der Waals surface area contributed by atoms with E-state index in [0.29, 0.717) is 6.04 Å². The predicted octanol–water partition coefficient (Wildman–Crippen LogP) is 5.28. The highest BCUT2D eigenvalue weighted by Gasteiger charge is 2.32. The summed E-state index contributed by atoms with van der Waals surface area (Å²) in [5.41, 5.74) is 7.84. The van der Waals surface area contributed by atoms with Gasteiger partial charge in [0.25, 0.3) is 5.91 Å². The van der Waals surface area contributed by atoms with E-state index in [2.05, 4.69) is 40.3 Å². The second-order valence-electron chi connectivity index (χ2n) is 9.01. The maximum atomic E-state index is 11.3. The summed E-state index contributed by atoms with van der Waals surface area (Å²) < 4.78 is 0. The van der Waals surface area contributed by atoms with E-state index in [1.165, 1.54) is 41.0 Å². The van der Waals surface area contributed by atoms with Crippen molar-refractivity contribution >= 4 is 34.5 Å². The topological polar surface area (TPSA) is 68.4 Å². The second kappa shape index (κ2) is 9.10. The maximum absolute atomic E-state index is 11.3. The highest BCUT2D eigenvalue weighted by molar-refractivity contribution is 6.31. The minimum Gasteiger partial charge on any atom is -0.361 e. The molecule has 5 nitrogen and oxygen atoms in total. The van der Waals surface area contributed by atoms with Gasteiger partial charge in [-0.2, -0.15) is 0 Å². The van der Waals surface area contributed by atoms with E-state index in [9.17, 15) is 4.79 Å². The molecule has 3 aromatic rings. The molecule has 1 saturated carbocycles. The molecule has 1 amide bonds. The van der Waals surface area contributed by atoms with Crippen LogP contribution in [-0.2, 0) is 17.6 Å². The molecule has 0 spiro atoms. The number of nitrogens with one attached hydrogen (secondary N) is 2. The van der Waals surface area contributed by atoms with Crippen molar-refractivity contribution in [3.63, 3.8) is 0 Å². The first-order valence-electron chi connectivity index (χ1n) is 11.4. The van der Waals surface area contributed by atoms with Gasteiger partial charge in [0.15, 0.2) is 0 Å². The van der Waals surface area contributed by atoms with Gasteiger partial charge in [0.1, 0.15) is 0 Å². The standard InChI is InChI=1S/C26H28ClN3O2/c27-21-6-8-22-20(15-28-24(22)14-21)11-12-30(16-18-1-2-18)25-9-5-19-13-17(3-7-23(19)25)4-10-26(31)29-32/h3-4,6-8,10,13-15,18,25,28,32H,1-2,5,9,11-12,16H2,(H,29,31)/b10-4+. The van der Waals surface area contributed by atoms with Crippen LogP contribution in [-0.4, -0.2) is 34.1 Å². The molecule has 2 aliphatic carbocycles. The number of hydrogen-bond donors (Lipinski definition) is 3. The molecule has 2 aromatic carbocycles. The molecule has 5 rings (SSSR count). The number of benzene rings is 2. The Morgan fingerprint density at radius 1 is 1.22 bits per heavy atom. The maximum Gasteiger partial charge on any atom is 0.267 e. The highest BCUT2D eigenvalue weighted by atomic mass is 35.5. The number of hydroxylamine groups is 1. The second-order valence-corrected chi connectivity index (χ2v) is 9.45. The summed E-state index contributed by atoms with van der Waals surface area (Å²) in [7, 11) is 0. The molecular formula is C26H28ClN3O2. The van der Waals surface area contributed by atoms with Gasteiger partial charge in [-0.25, -0.2) is 5.48 Å². The minimum absolute atomic E-state index is 0.448. The van der Waals surface area contributed by atoms with Gasteiger partial charge in [0, 0.05) is 47.3 Å². The molecule has 1 atom stereocenters. The average molecular weight is 450 g/mol. The van der Waals surface area contributed by atoms with Crippen LogP contribution in [0.4, 0.5) is 0 Å². The summed E-state index contributed by atoms with van der Waals surface area (Å²) in [6, 6.07) is 13.0. The number of carbonyl (C=O) groups excluding carboxylic acids is 1. The lowest BCUT2D eigenvalue weighted by Gasteiger charge is -2.30. The van der Waals surface area contributed by atoms with E-state index in [1.54, 1.807) is 11.6 Å². The van der Waals surface area contributed by atoms with E-state index in [1.807, 2.05) is 12.1 Å². The molecule has 3 N–H and O–H groups in total. The number of aryl methyl sites for hydroxylation is 1. The van der Waals surface area contributed by atoms with Crippen molar-refractivity contribution in [2.75, 3.05) is 13.1 Å². The van der Waals surface area contributed by atoms with Gasteiger partial charge in [-0.05, 0) is 78.5 Å². The molecule has 6 heteroatoms. The first kappa shape index (κ1) is 21.3. The number of aromatic amines is 1. The monoisotopic (exact) mass is 449 g/mol. The Morgan fingerprint density at radius 3 is 2.91 bits per heavy atom. The molecule has 0 radical (unpaired) electrons. The van der Waals surface area contributed by atoms with Crippen LogP contribution in [0.15, 0.2) is 48.7 Å². The number of nitrogens with zero attached hydrogens (tertiary/aromatic N) is 1. The number of amides is 1. The van der Waals surface area contributed by atoms with Crippen LogP contribution in [0.1, 0.15) is 47.6 Å². The van der Waals surface area contributed by atoms with Crippen molar-refractivity contribution in [1.29, 1.82) is 0 Å². The molecule has 1 fully saturated rings. The van der Waals surface area contributed by atoms with E-state index in [-0.39, 0.29) is 0 Å². The normalized spacial score (nSPS) is 18.0. The van der Waals surface area contributed by atoms with Gasteiger partial charge in [-0.1, -0.05) is 35.9 Å². The van der Waals surface area contributed by atoms with Crippen molar-refractivity contribution in [3.05, 3.63) is 75.9 Å². The molecular weight excluding hydrogens is 422 g/mol. The fraction of sp³-hybridized carbons (Fsp3) is 0.346. The SMILES string of the molecule is O=C(/C=C/c1ccc2c(c1)CCC2N(CCc1c[nH]c2cc(Cl)ccc12)CC1CC1)NO. The van der Waals surface area contributed by atoms with Crippen LogP contribution < -0.4 is 5.48 Å². The number of rotatable bonds is 8. The summed E-state index contributed by atoms with van der Waals surface area (Å²) in [5.74, 6) is 0.318. The van der Waals surface area contributed by atoms with Gasteiger partial charge in [-0.3, -0.25) is 14.9 Å². The molecule has 166 valence electrons. The Kier molecular flexibility index (Phi) is 6.05. The van der Waals surface area contributed by atoms with Crippen molar-refractivity contribution in [2.45, 2.75) is 38.1 Å². The van der Waals surface area contributed by atoms with E-state index in [4.69, 9.17) is 16.8 Å². The fourth-order valence-corrected chi connectivity index (χ4v) is 5.12. The summed E-state index contributed by atoms with van der Waals surface area (Å²) in [6.07, 6.45) is 11.1. The molecule has 0 aliphatic heterocycles. The van der Waals surface area contributed by atoms with Gasteiger partial charge in [0.2, 0.25) is 0 Å². The third-order valence-corrected chi connectivity index (χ3v) is 7.01. The van der Waals surface area contributed by atoms with Crippen molar-refractivity contribution in [1.82, 2.24) is 15.4 Å². The summed E-state index contributed by atoms with van der Waals surface area (Å²) in [5, 5.41) is 10.7. The van der Waals surface area contributed by atoms with Crippen LogP contribution in [0, 0.1) is 5.92 Å². The van der Waals surface area contributed by atoms with Gasteiger partial charge in [-0.15, -0.1) is 0 Å². The fourth-order valence-electron chi connectivity index (χ4n) is 4.94. The number of aromatic nitrogens is 1. The van der Waals surface area contributed by atoms with Crippen LogP contribution in [0.5, 0.6) is 0 Å². The lowest BCUT2D eigenvalue weighted by molar-refractivity contribution is -0.124. The lowest BCUT2D eigenvalue weighted by Crippen LogP contribution is -2.31. The Hall–Kier alpha value is -2.60. The van der Waals surface area contributed by atoms with Crippen molar-refractivity contribution in [2.24, 2.45) is 5.92 Å². The molecule has 1 unspecified atom stereocenters. The van der Waals surface area contributed by atoms with Crippen molar-refractivity contribution < 1.29 is 10.0 Å². The number of hydrogen-bond acceptors (Lipinski definition) is 3. The Balaban J connectivity index is 1.33. The summed E-state index contributed by atoms with van der Waals surface area (Å²) in [6.45, 7) is 2.20. The van der Waals surface area contributed by atoms with E-state index < -0.39 is 5.91 Å². The lowest BCUT2D eigenvalue weighted by atomic mass is 10.0. The van der Waals surface area contributed by atoms with E-state index >= 15 is 0 Å². The van der Waals surface area contributed by atoms with Crippen molar-refractivity contribution in [3.8, 4) is 0 Å².